The third-order valence-corrected chi connectivity index (χ3v) is 6.34. The molecule has 1 saturated carbocycles. The van der Waals surface area contributed by atoms with Crippen LogP contribution in [0, 0.1) is 5.41 Å². The predicted octanol–water partition coefficient (Wildman–Crippen LogP) is 2.25. The zero-order valence-electron chi connectivity index (χ0n) is 16.4. The summed E-state index contributed by atoms with van der Waals surface area (Å²) < 4.78 is 5.78. The lowest BCUT2D eigenvalue weighted by Crippen LogP contribution is -2.76. The van der Waals surface area contributed by atoms with Crippen LogP contribution in [0.2, 0.25) is 0 Å². The first kappa shape index (κ1) is 19.3. The lowest BCUT2D eigenvalue weighted by Gasteiger charge is -2.58. The minimum atomic E-state index is -0.804. The van der Waals surface area contributed by atoms with Crippen molar-refractivity contribution in [3.63, 3.8) is 0 Å². The van der Waals surface area contributed by atoms with Crippen molar-refractivity contribution in [3.05, 3.63) is 35.9 Å². The van der Waals surface area contributed by atoms with Crippen molar-refractivity contribution >= 4 is 5.91 Å². The number of nitrogens with two attached hydrogens (primary N) is 1. The van der Waals surface area contributed by atoms with Crippen molar-refractivity contribution in [1.82, 2.24) is 9.80 Å². The minimum Gasteiger partial charge on any atom is -0.378 e. The second kappa shape index (κ2) is 7.67. The quantitative estimate of drug-likeness (QED) is 0.876. The summed E-state index contributed by atoms with van der Waals surface area (Å²) in [7, 11) is 0. The molecule has 2 fully saturated rings. The number of hydrogen-bond acceptors (Lipinski definition) is 4. The summed E-state index contributed by atoms with van der Waals surface area (Å²) in [5.41, 5.74) is 6.79. The monoisotopic (exact) mass is 359 g/mol. The topological polar surface area (TPSA) is 58.8 Å². The Morgan fingerprint density at radius 1 is 1.19 bits per heavy atom. The first-order valence-corrected chi connectivity index (χ1v) is 9.84. The number of carbonyl (C=O) groups excluding carboxylic acids is 1. The predicted molar refractivity (Wildman–Crippen MR) is 104 cm³/mol. The largest absolute Gasteiger partial charge is 0.378 e. The van der Waals surface area contributed by atoms with Gasteiger partial charge in [-0.25, -0.2) is 0 Å². The van der Waals surface area contributed by atoms with Gasteiger partial charge >= 0.3 is 0 Å². The van der Waals surface area contributed by atoms with Crippen molar-refractivity contribution in [2.45, 2.75) is 51.8 Å². The van der Waals surface area contributed by atoms with Crippen molar-refractivity contribution in [3.8, 4) is 0 Å². The average Bonchev–Trinajstić information content (AvgIpc) is 2.87. The summed E-state index contributed by atoms with van der Waals surface area (Å²) in [6, 6.07) is 10.5. The molecule has 2 unspecified atom stereocenters. The van der Waals surface area contributed by atoms with Crippen LogP contribution in [0.4, 0.5) is 0 Å². The molecule has 1 aromatic rings. The average molecular weight is 360 g/mol. The molecule has 2 aliphatic rings. The molecule has 2 N–H and O–H groups in total. The highest BCUT2D eigenvalue weighted by atomic mass is 16.5. The van der Waals surface area contributed by atoms with E-state index in [2.05, 4.69) is 43.0 Å². The third-order valence-electron chi connectivity index (χ3n) is 6.34. The molecule has 26 heavy (non-hydrogen) atoms. The lowest BCUT2D eigenvalue weighted by molar-refractivity contribution is -0.179. The molecule has 144 valence electrons. The normalized spacial score (nSPS) is 29.1. The van der Waals surface area contributed by atoms with Gasteiger partial charge in [0.05, 0.1) is 6.10 Å². The van der Waals surface area contributed by atoms with Crippen molar-refractivity contribution in [2.75, 3.05) is 32.8 Å². The van der Waals surface area contributed by atoms with E-state index in [0.29, 0.717) is 13.0 Å². The summed E-state index contributed by atoms with van der Waals surface area (Å²) in [5, 5.41) is 0. The van der Waals surface area contributed by atoms with Crippen LogP contribution >= 0.6 is 0 Å². The standard InChI is InChI=1S/C21H33N3O2/c1-4-26-18-15-21(22,20(18,2)3)19(25)24-12-8-11-23(13-14-24)16-17-9-6-5-7-10-17/h5-7,9-10,18H,4,8,11-16,22H2,1-3H3. The molecule has 2 atom stereocenters. The van der Waals surface area contributed by atoms with Gasteiger partial charge in [-0.2, -0.15) is 0 Å². The number of carbonyl (C=O) groups is 1. The zero-order chi connectivity index (χ0) is 18.8. The molecule has 1 saturated heterocycles. The highest BCUT2D eigenvalue weighted by Crippen LogP contribution is 2.50. The van der Waals surface area contributed by atoms with Crippen molar-refractivity contribution < 1.29 is 9.53 Å². The van der Waals surface area contributed by atoms with Crippen LogP contribution in [-0.2, 0) is 16.1 Å². The third kappa shape index (κ3) is 3.53. The van der Waals surface area contributed by atoms with Gasteiger partial charge in [-0.1, -0.05) is 44.2 Å². The smallest absolute Gasteiger partial charge is 0.243 e. The number of hydrogen-bond donors (Lipinski definition) is 1. The van der Waals surface area contributed by atoms with Gasteiger partial charge in [-0.05, 0) is 18.9 Å². The lowest BCUT2D eigenvalue weighted by atomic mass is 9.54. The number of nitrogens with zero attached hydrogens (tertiary/aromatic N) is 2. The maximum Gasteiger partial charge on any atom is 0.243 e. The highest BCUT2D eigenvalue weighted by molar-refractivity contribution is 5.89. The van der Waals surface area contributed by atoms with E-state index in [0.717, 1.165) is 39.1 Å². The summed E-state index contributed by atoms with van der Waals surface area (Å²) in [4.78, 5) is 17.6. The fourth-order valence-electron chi connectivity index (χ4n) is 4.25. The number of benzene rings is 1. The molecule has 0 aromatic heterocycles. The van der Waals surface area contributed by atoms with E-state index in [-0.39, 0.29) is 17.4 Å². The summed E-state index contributed by atoms with van der Waals surface area (Å²) in [6.07, 6.45) is 1.68. The van der Waals surface area contributed by atoms with E-state index < -0.39 is 5.54 Å². The van der Waals surface area contributed by atoms with Gasteiger partial charge in [-0.15, -0.1) is 0 Å². The van der Waals surface area contributed by atoms with Crippen LogP contribution in [0.15, 0.2) is 30.3 Å². The van der Waals surface area contributed by atoms with Crippen LogP contribution in [0.5, 0.6) is 0 Å². The molecule has 0 radical (unpaired) electrons. The maximum absolute atomic E-state index is 13.2. The SMILES string of the molecule is CCOC1CC(N)(C(=O)N2CCCN(Cc3ccccc3)CC2)C1(C)C. The van der Waals surface area contributed by atoms with E-state index >= 15 is 0 Å². The Balaban J connectivity index is 1.59. The Morgan fingerprint density at radius 2 is 1.92 bits per heavy atom. The second-order valence-corrected chi connectivity index (χ2v) is 8.25. The Bertz CT molecular complexity index is 619. The van der Waals surface area contributed by atoms with E-state index in [1.54, 1.807) is 0 Å². The zero-order valence-corrected chi connectivity index (χ0v) is 16.4. The van der Waals surface area contributed by atoms with Crippen LogP contribution in [-0.4, -0.2) is 60.1 Å². The van der Waals surface area contributed by atoms with Gasteiger partial charge in [0.25, 0.3) is 0 Å². The Labute approximate surface area is 157 Å². The summed E-state index contributed by atoms with van der Waals surface area (Å²) in [6.45, 7) is 11.2. The van der Waals surface area contributed by atoms with Crippen LogP contribution in [0.25, 0.3) is 0 Å². The molecular weight excluding hydrogens is 326 g/mol. The van der Waals surface area contributed by atoms with E-state index in [1.807, 2.05) is 17.9 Å². The van der Waals surface area contributed by atoms with E-state index in [9.17, 15) is 4.79 Å². The Kier molecular flexibility index (Phi) is 5.70. The molecule has 1 amide bonds. The molecule has 5 heteroatoms. The van der Waals surface area contributed by atoms with E-state index in [4.69, 9.17) is 10.5 Å². The van der Waals surface area contributed by atoms with Gasteiger partial charge in [0.2, 0.25) is 5.91 Å². The maximum atomic E-state index is 13.2. The molecule has 1 aliphatic carbocycles. The summed E-state index contributed by atoms with van der Waals surface area (Å²) >= 11 is 0. The van der Waals surface area contributed by atoms with Gasteiger partial charge < -0.3 is 15.4 Å². The van der Waals surface area contributed by atoms with Gasteiger partial charge in [-0.3, -0.25) is 9.69 Å². The van der Waals surface area contributed by atoms with E-state index in [1.165, 1.54) is 5.56 Å². The molecule has 0 spiro atoms. The number of ether oxygens (including phenoxy) is 1. The van der Waals surface area contributed by atoms with Crippen molar-refractivity contribution in [1.29, 1.82) is 0 Å². The first-order chi connectivity index (χ1) is 12.4. The van der Waals surface area contributed by atoms with Crippen molar-refractivity contribution in [2.24, 2.45) is 11.1 Å². The Hall–Kier alpha value is -1.43. The van der Waals surface area contributed by atoms with Crippen LogP contribution < -0.4 is 5.73 Å². The first-order valence-electron chi connectivity index (χ1n) is 9.84. The van der Waals surface area contributed by atoms with Gasteiger partial charge in [0.15, 0.2) is 0 Å². The molecular formula is C21H33N3O2. The second-order valence-electron chi connectivity index (χ2n) is 8.25. The number of amides is 1. The highest BCUT2D eigenvalue weighted by Gasteiger charge is 2.63. The van der Waals surface area contributed by atoms with Crippen LogP contribution in [0.1, 0.15) is 39.2 Å². The summed E-state index contributed by atoms with van der Waals surface area (Å²) in [5.74, 6) is 0.0972. The van der Waals surface area contributed by atoms with Crippen LogP contribution in [0.3, 0.4) is 0 Å². The Morgan fingerprint density at radius 3 is 2.58 bits per heavy atom. The molecule has 5 nitrogen and oxygen atoms in total. The van der Waals surface area contributed by atoms with Gasteiger partial charge in [0.1, 0.15) is 5.54 Å². The molecule has 1 aromatic carbocycles. The van der Waals surface area contributed by atoms with Gasteiger partial charge in [0, 0.05) is 51.2 Å². The fraction of sp³-hybridized carbons (Fsp3) is 0.667. The molecule has 0 bridgehead atoms. The molecule has 1 heterocycles. The molecule has 1 aliphatic heterocycles. The fourth-order valence-corrected chi connectivity index (χ4v) is 4.25. The molecule has 3 rings (SSSR count). The minimum absolute atomic E-state index is 0.0722. The number of rotatable bonds is 5.